The molecule has 0 spiro atoms. The molecule has 1 aromatic heterocycles. The smallest absolute Gasteiger partial charge is 0.338 e. The number of carboxylic acids is 1. The first-order valence-electron chi connectivity index (χ1n) is 5.26. The maximum atomic E-state index is 11.2. The standard InChI is InChI=1S/C11H7BrN6O2/c12-7-2-1-3-8(9(7)11(19)20)14-5-6(4-13)10-15-17-18-16-10/h1-3,5,14H,(H,19,20)(H,15,16,17,18). The summed E-state index contributed by atoms with van der Waals surface area (Å²) in [4.78, 5) is 11.2. The largest absolute Gasteiger partial charge is 0.478 e. The van der Waals surface area contributed by atoms with E-state index in [0.717, 1.165) is 0 Å². The van der Waals surface area contributed by atoms with Gasteiger partial charge in [-0.05, 0) is 33.3 Å². The number of nitrogens with one attached hydrogen (secondary N) is 2. The number of nitrogens with zero attached hydrogens (tertiary/aromatic N) is 4. The summed E-state index contributed by atoms with van der Waals surface area (Å²) in [5.41, 5.74) is 0.521. The number of aromatic amines is 1. The van der Waals surface area contributed by atoms with Gasteiger partial charge in [-0.1, -0.05) is 6.07 Å². The van der Waals surface area contributed by atoms with Crippen molar-refractivity contribution in [1.29, 1.82) is 5.26 Å². The van der Waals surface area contributed by atoms with Crippen LogP contribution in [0.4, 0.5) is 5.69 Å². The second-order valence-electron chi connectivity index (χ2n) is 3.52. The number of hydrogen-bond donors (Lipinski definition) is 3. The van der Waals surface area contributed by atoms with Crippen molar-refractivity contribution in [3.8, 4) is 6.07 Å². The van der Waals surface area contributed by atoms with Crippen LogP contribution in [0.5, 0.6) is 0 Å². The van der Waals surface area contributed by atoms with Gasteiger partial charge in [-0.15, -0.1) is 10.2 Å². The van der Waals surface area contributed by atoms with E-state index in [4.69, 9.17) is 10.4 Å². The van der Waals surface area contributed by atoms with Gasteiger partial charge in [0.2, 0.25) is 5.82 Å². The van der Waals surface area contributed by atoms with Gasteiger partial charge >= 0.3 is 5.97 Å². The number of hydrogen-bond acceptors (Lipinski definition) is 6. The van der Waals surface area contributed by atoms with Crippen LogP contribution in [0.15, 0.2) is 28.9 Å². The fourth-order valence-electron chi connectivity index (χ4n) is 1.43. The quantitative estimate of drug-likeness (QED) is 0.725. The molecule has 0 bridgehead atoms. The molecule has 1 aromatic carbocycles. The lowest BCUT2D eigenvalue weighted by molar-refractivity contribution is 0.0697. The lowest BCUT2D eigenvalue weighted by Crippen LogP contribution is -2.03. The second kappa shape index (κ2) is 5.94. The van der Waals surface area contributed by atoms with Crippen molar-refractivity contribution in [2.75, 3.05) is 5.32 Å². The summed E-state index contributed by atoms with van der Waals surface area (Å²) >= 11 is 3.16. The summed E-state index contributed by atoms with van der Waals surface area (Å²) in [6.45, 7) is 0. The zero-order valence-corrected chi connectivity index (χ0v) is 11.4. The highest BCUT2D eigenvalue weighted by atomic mass is 79.9. The predicted molar refractivity (Wildman–Crippen MR) is 72.5 cm³/mol. The van der Waals surface area contributed by atoms with Crippen molar-refractivity contribution >= 4 is 33.2 Å². The van der Waals surface area contributed by atoms with E-state index >= 15 is 0 Å². The first-order valence-corrected chi connectivity index (χ1v) is 6.05. The fraction of sp³-hybridized carbons (Fsp3) is 0. The lowest BCUT2D eigenvalue weighted by Gasteiger charge is -2.07. The molecule has 0 aliphatic rings. The summed E-state index contributed by atoms with van der Waals surface area (Å²) in [5, 5.41) is 33.8. The van der Waals surface area contributed by atoms with Crippen molar-refractivity contribution in [2.45, 2.75) is 0 Å². The molecule has 2 rings (SSSR count). The van der Waals surface area contributed by atoms with Crippen molar-refractivity contribution in [3.63, 3.8) is 0 Å². The fourth-order valence-corrected chi connectivity index (χ4v) is 1.97. The van der Waals surface area contributed by atoms with Crippen LogP contribution in [0.2, 0.25) is 0 Å². The molecule has 1 heterocycles. The Morgan fingerprint density at radius 2 is 2.35 bits per heavy atom. The minimum absolute atomic E-state index is 0.0640. The van der Waals surface area contributed by atoms with Gasteiger partial charge < -0.3 is 10.4 Å². The minimum atomic E-state index is -1.09. The van der Waals surface area contributed by atoms with Gasteiger partial charge in [0.05, 0.1) is 11.3 Å². The highest BCUT2D eigenvalue weighted by Gasteiger charge is 2.13. The van der Waals surface area contributed by atoms with Crippen LogP contribution in [0, 0.1) is 11.3 Å². The Bertz CT molecular complexity index is 704. The molecule has 9 heteroatoms. The Hall–Kier alpha value is -2.73. The summed E-state index contributed by atoms with van der Waals surface area (Å²) < 4.78 is 0.432. The van der Waals surface area contributed by atoms with Gasteiger partial charge in [-0.25, -0.2) is 4.79 Å². The van der Waals surface area contributed by atoms with E-state index < -0.39 is 5.97 Å². The summed E-state index contributed by atoms with van der Waals surface area (Å²) in [7, 11) is 0. The Morgan fingerprint density at radius 1 is 1.55 bits per heavy atom. The molecule has 0 saturated heterocycles. The minimum Gasteiger partial charge on any atom is -0.478 e. The van der Waals surface area contributed by atoms with Crippen LogP contribution in [-0.2, 0) is 0 Å². The maximum absolute atomic E-state index is 11.2. The van der Waals surface area contributed by atoms with E-state index in [9.17, 15) is 4.79 Å². The van der Waals surface area contributed by atoms with E-state index in [0.29, 0.717) is 10.2 Å². The van der Waals surface area contributed by atoms with Crippen molar-refractivity contribution < 1.29 is 9.90 Å². The highest BCUT2D eigenvalue weighted by Crippen LogP contribution is 2.25. The van der Waals surface area contributed by atoms with Crippen LogP contribution in [0.1, 0.15) is 16.2 Å². The molecule has 0 amide bonds. The number of rotatable bonds is 4. The lowest BCUT2D eigenvalue weighted by atomic mass is 10.2. The molecule has 0 atom stereocenters. The number of anilines is 1. The van der Waals surface area contributed by atoms with Gasteiger partial charge in [-0.2, -0.15) is 10.5 Å². The summed E-state index contributed by atoms with van der Waals surface area (Å²) in [5.74, 6) is -0.974. The van der Waals surface area contributed by atoms with Crippen molar-refractivity contribution in [3.05, 3.63) is 40.3 Å². The third kappa shape index (κ3) is 2.81. The summed E-state index contributed by atoms with van der Waals surface area (Å²) in [6.07, 6.45) is 1.32. The Labute approximate surface area is 121 Å². The molecule has 0 unspecified atom stereocenters. The number of benzene rings is 1. The Kier molecular flexibility index (Phi) is 4.07. The predicted octanol–water partition coefficient (Wildman–Crippen LogP) is 1.64. The van der Waals surface area contributed by atoms with Crippen LogP contribution in [0.25, 0.3) is 5.57 Å². The molecule has 100 valence electrons. The maximum Gasteiger partial charge on any atom is 0.338 e. The molecule has 8 nitrogen and oxygen atoms in total. The van der Waals surface area contributed by atoms with E-state index in [1.54, 1.807) is 18.2 Å². The van der Waals surface area contributed by atoms with E-state index in [2.05, 4.69) is 41.9 Å². The van der Waals surface area contributed by atoms with Crippen LogP contribution in [0.3, 0.4) is 0 Å². The van der Waals surface area contributed by atoms with Crippen molar-refractivity contribution in [1.82, 2.24) is 20.6 Å². The average molecular weight is 335 g/mol. The number of aromatic carboxylic acids is 1. The monoisotopic (exact) mass is 334 g/mol. The van der Waals surface area contributed by atoms with Gasteiger partial charge in [-0.3, -0.25) is 0 Å². The van der Waals surface area contributed by atoms with E-state index in [1.165, 1.54) is 6.20 Å². The van der Waals surface area contributed by atoms with Crippen LogP contribution in [-0.4, -0.2) is 31.7 Å². The zero-order chi connectivity index (χ0) is 14.5. The van der Waals surface area contributed by atoms with Crippen LogP contribution >= 0.6 is 15.9 Å². The molecule has 20 heavy (non-hydrogen) atoms. The number of carbonyl (C=O) groups is 1. The molecule has 0 radical (unpaired) electrons. The first-order chi connectivity index (χ1) is 9.63. The molecule has 2 aromatic rings. The molecule has 3 N–H and O–H groups in total. The van der Waals surface area contributed by atoms with Crippen LogP contribution < -0.4 is 5.32 Å². The molecule has 0 saturated carbocycles. The van der Waals surface area contributed by atoms with Gasteiger partial charge in [0.1, 0.15) is 11.6 Å². The van der Waals surface area contributed by atoms with E-state index in [-0.39, 0.29) is 17.0 Å². The number of nitriles is 1. The number of allylic oxidation sites excluding steroid dienone is 1. The number of halogens is 1. The Morgan fingerprint density at radius 3 is 2.95 bits per heavy atom. The molecule has 0 fully saturated rings. The summed E-state index contributed by atoms with van der Waals surface area (Å²) in [6, 6.07) is 6.76. The zero-order valence-electron chi connectivity index (χ0n) is 9.83. The SMILES string of the molecule is N#CC(=CNc1cccc(Br)c1C(=O)O)c1nn[nH]n1. The molecule has 0 aliphatic heterocycles. The molecular weight excluding hydrogens is 328 g/mol. The third-order valence-corrected chi connectivity index (χ3v) is 2.97. The highest BCUT2D eigenvalue weighted by molar-refractivity contribution is 9.10. The first kappa shape index (κ1) is 13.7. The number of aromatic nitrogens is 4. The normalized spacial score (nSPS) is 10.9. The average Bonchev–Trinajstić information content (AvgIpc) is 2.93. The van der Waals surface area contributed by atoms with Crippen molar-refractivity contribution in [2.24, 2.45) is 0 Å². The third-order valence-electron chi connectivity index (χ3n) is 2.31. The number of tetrazole rings is 1. The van der Waals surface area contributed by atoms with Gasteiger partial charge in [0.15, 0.2) is 0 Å². The topological polar surface area (TPSA) is 128 Å². The molecule has 0 aliphatic carbocycles. The molecular formula is C11H7BrN6O2. The van der Waals surface area contributed by atoms with Gasteiger partial charge in [0.25, 0.3) is 0 Å². The Balaban J connectivity index is 2.34. The van der Waals surface area contributed by atoms with E-state index in [1.807, 2.05) is 6.07 Å². The van der Waals surface area contributed by atoms with Gasteiger partial charge in [0, 0.05) is 10.7 Å². The number of H-pyrrole nitrogens is 1. The second-order valence-corrected chi connectivity index (χ2v) is 4.37. The number of carboxylic acid groups (broad SMARTS) is 1.